The summed E-state index contributed by atoms with van der Waals surface area (Å²) >= 11 is 0. The van der Waals surface area contributed by atoms with Crippen molar-refractivity contribution in [3.8, 4) is 0 Å². The Morgan fingerprint density at radius 1 is 0.833 bits per heavy atom. The normalized spacial score (nSPS) is 10.5. The summed E-state index contributed by atoms with van der Waals surface area (Å²) in [6.07, 6.45) is 2.39. The van der Waals surface area contributed by atoms with E-state index in [4.69, 9.17) is 4.74 Å². The number of hydrogen-bond donors (Lipinski definition) is 0. The van der Waals surface area contributed by atoms with Gasteiger partial charge in [-0.15, -0.1) is 0 Å². The summed E-state index contributed by atoms with van der Waals surface area (Å²) in [5.41, 5.74) is 0. The van der Waals surface area contributed by atoms with Gasteiger partial charge in [0, 0.05) is 40.5 Å². The Bertz CT molecular complexity index is 71.9. The molecule has 0 saturated heterocycles. The first-order valence-corrected chi connectivity index (χ1v) is 4.70. The van der Waals surface area contributed by atoms with Gasteiger partial charge in [0.2, 0.25) is 0 Å². The maximum absolute atomic E-state index is 5.46. The van der Waals surface area contributed by atoms with Crippen LogP contribution in [0.1, 0.15) is 40.5 Å². The van der Waals surface area contributed by atoms with E-state index in [-0.39, 0.29) is 27.3 Å². The predicted molar refractivity (Wildman–Crippen MR) is 55.5 cm³/mol. The molecule has 0 spiro atoms. The molecule has 0 rings (SSSR count). The average Bonchev–Trinajstić information content (AvgIpc) is 1.85. The molecule has 0 saturated carbocycles. The summed E-state index contributed by atoms with van der Waals surface area (Å²) in [5.74, 6) is 1.54. The quantitative estimate of drug-likeness (QED) is 0.520. The van der Waals surface area contributed by atoms with Gasteiger partial charge >= 0.3 is 0 Å². The molecule has 12 heavy (non-hydrogen) atoms. The SMILES string of the molecule is CC(C)CCOCCC(C)C.[Pb]. The molecule has 0 amide bonds. The Labute approximate surface area is 97.4 Å². The first-order chi connectivity index (χ1) is 5.13. The van der Waals surface area contributed by atoms with Crippen molar-refractivity contribution in [1.29, 1.82) is 0 Å². The Balaban J connectivity index is 0. The molecule has 0 aliphatic heterocycles. The third-order valence-electron chi connectivity index (χ3n) is 1.68. The molecule has 0 aromatic carbocycles. The number of ether oxygens (including phenoxy) is 1. The fourth-order valence-corrected chi connectivity index (χ4v) is 0.740. The van der Waals surface area contributed by atoms with Gasteiger partial charge in [-0.25, -0.2) is 0 Å². The van der Waals surface area contributed by atoms with E-state index in [1.807, 2.05) is 0 Å². The maximum atomic E-state index is 5.46. The van der Waals surface area contributed by atoms with Gasteiger partial charge in [-0.3, -0.25) is 0 Å². The van der Waals surface area contributed by atoms with Gasteiger partial charge in [-0.2, -0.15) is 0 Å². The maximum Gasteiger partial charge on any atom is 0.0468 e. The van der Waals surface area contributed by atoms with Crippen LogP contribution in [0.25, 0.3) is 0 Å². The molecule has 0 heterocycles. The summed E-state index contributed by atoms with van der Waals surface area (Å²) in [5, 5.41) is 0. The monoisotopic (exact) mass is 366 g/mol. The number of hydrogen-bond acceptors (Lipinski definition) is 1. The van der Waals surface area contributed by atoms with Gasteiger partial charge in [0.25, 0.3) is 0 Å². The van der Waals surface area contributed by atoms with Gasteiger partial charge in [0.15, 0.2) is 0 Å². The molecule has 0 unspecified atom stereocenters. The zero-order valence-electron chi connectivity index (χ0n) is 8.89. The zero-order chi connectivity index (χ0) is 8.69. The van der Waals surface area contributed by atoms with E-state index >= 15 is 0 Å². The molecule has 0 atom stereocenters. The molecule has 0 fully saturated rings. The first kappa shape index (κ1) is 15.4. The molecule has 0 N–H and O–H groups in total. The van der Waals surface area contributed by atoms with Gasteiger partial charge in [-0.1, -0.05) is 27.7 Å². The number of rotatable bonds is 6. The van der Waals surface area contributed by atoms with Crippen LogP contribution < -0.4 is 0 Å². The van der Waals surface area contributed by atoms with Crippen LogP contribution >= 0.6 is 0 Å². The minimum atomic E-state index is 0. The van der Waals surface area contributed by atoms with Crippen molar-refractivity contribution in [3.63, 3.8) is 0 Å². The fraction of sp³-hybridized carbons (Fsp3) is 1.00. The molecular formula is C10H22OPb. The molecule has 4 radical (unpaired) electrons. The Kier molecular flexibility index (Phi) is 12.8. The molecular weight excluding hydrogens is 343 g/mol. The summed E-state index contributed by atoms with van der Waals surface area (Å²) < 4.78 is 5.46. The molecule has 0 aromatic heterocycles. The third kappa shape index (κ3) is 13.5. The first-order valence-electron chi connectivity index (χ1n) is 4.70. The second-order valence-electron chi connectivity index (χ2n) is 3.98. The van der Waals surface area contributed by atoms with Crippen molar-refractivity contribution in [2.24, 2.45) is 11.8 Å². The molecule has 0 aromatic rings. The van der Waals surface area contributed by atoms with Crippen LogP contribution in [0.4, 0.5) is 0 Å². The van der Waals surface area contributed by atoms with Gasteiger partial charge in [0.05, 0.1) is 0 Å². The van der Waals surface area contributed by atoms with Crippen LogP contribution in [0, 0.1) is 11.8 Å². The minimum absolute atomic E-state index is 0. The average molecular weight is 365 g/mol. The molecule has 0 aliphatic rings. The van der Waals surface area contributed by atoms with E-state index in [1.165, 1.54) is 12.8 Å². The molecule has 72 valence electrons. The van der Waals surface area contributed by atoms with Crippen LogP contribution in [0.3, 0.4) is 0 Å². The van der Waals surface area contributed by atoms with E-state index in [9.17, 15) is 0 Å². The smallest absolute Gasteiger partial charge is 0.0468 e. The Hall–Kier alpha value is 0.882. The second kappa shape index (κ2) is 9.97. The second-order valence-corrected chi connectivity index (χ2v) is 3.98. The van der Waals surface area contributed by atoms with Crippen LogP contribution in [-0.4, -0.2) is 40.5 Å². The van der Waals surface area contributed by atoms with Gasteiger partial charge in [-0.05, 0) is 24.7 Å². The van der Waals surface area contributed by atoms with Gasteiger partial charge in [0.1, 0.15) is 0 Å². The van der Waals surface area contributed by atoms with E-state index in [2.05, 4.69) is 27.7 Å². The molecule has 1 nitrogen and oxygen atoms in total. The standard InChI is InChI=1S/C10H22O.Pb/c1-9(2)5-7-11-8-6-10(3)4;/h9-10H,5-8H2,1-4H3;. The summed E-state index contributed by atoms with van der Waals surface area (Å²) in [4.78, 5) is 0. The van der Waals surface area contributed by atoms with Crippen molar-refractivity contribution < 1.29 is 4.74 Å². The fourth-order valence-electron chi connectivity index (χ4n) is 0.740. The van der Waals surface area contributed by atoms with E-state index in [0.29, 0.717) is 0 Å². The summed E-state index contributed by atoms with van der Waals surface area (Å²) in [6, 6.07) is 0. The van der Waals surface area contributed by atoms with E-state index < -0.39 is 0 Å². The zero-order valence-corrected chi connectivity index (χ0v) is 12.8. The molecule has 2 heteroatoms. The van der Waals surface area contributed by atoms with Crippen LogP contribution in [-0.2, 0) is 4.74 Å². The van der Waals surface area contributed by atoms with Crippen LogP contribution in [0.15, 0.2) is 0 Å². The Morgan fingerprint density at radius 3 is 1.42 bits per heavy atom. The van der Waals surface area contributed by atoms with E-state index in [1.54, 1.807) is 0 Å². The van der Waals surface area contributed by atoms with Crippen molar-refractivity contribution in [1.82, 2.24) is 0 Å². The topological polar surface area (TPSA) is 9.23 Å². The summed E-state index contributed by atoms with van der Waals surface area (Å²) in [6.45, 7) is 10.8. The third-order valence-corrected chi connectivity index (χ3v) is 1.68. The molecule has 0 bridgehead atoms. The summed E-state index contributed by atoms with van der Waals surface area (Å²) in [7, 11) is 0. The van der Waals surface area contributed by atoms with Crippen molar-refractivity contribution >= 4 is 27.3 Å². The minimum Gasteiger partial charge on any atom is -0.381 e. The predicted octanol–water partition coefficient (Wildman–Crippen LogP) is 2.71. The van der Waals surface area contributed by atoms with Crippen LogP contribution in [0.5, 0.6) is 0 Å². The largest absolute Gasteiger partial charge is 0.381 e. The van der Waals surface area contributed by atoms with E-state index in [0.717, 1.165) is 25.0 Å². The molecule has 0 aliphatic carbocycles. The Morgan fingerprint density at radius 2 is 1.17 bits per heavy atom. The van der Waals surface area contributed by atoms with Crippen molar-refractivity contribution in [2.75, 3.05) is 13.2 Å². The van der Waals surface area contributed by atoms with Crippen molar-refractivity contribution in [3.05, 3.63) is 0 Å². The van der Waals surface area contributed by atoms with Crippen LogP contribution in [0.2, 0.25) is 0 Å². The van der Waals surface area contributed by atoms with Crippen molar-refractivity contribution in [2.45, 2.75) is 40.5 Å². The van der Waals surface area contributed by atoms with Gasteiger partial charge < -0.3 is 4.74 Å².